The van der Waals surface area contributed by atoms with E-state index in [1.165, 1.54) is 29.2 Å². The van der Waals surface area contributed by atoms with Gasteiger partial charge in [0.25, 0.3) is 5.91 Å². The number of hydrogen-bond donors (Lipinski definition) is 0. The number of pyridine rings is 1. The van der Waals surface area contributed by atoms with Gasteiger partial charge in [-0.15, -0.1) is 0 Å². The zero-order valence-electron chi connectivity index (χ0n) is 17.3. The van der Waals surface area contributed by atoms with Crippen molar-refractivity contribution in [3.05, 3.63) is 60.3 Å². The molecule has 1 fully saturated rings. The van der Waals surface area contributed by atoms with Crippen LogP contribution < -0.4 is 9.80 Å². The van der Waals surface area contributed by atoms with Crippen molar-refractivity contribution in [2.45, 2.75) is 16.9 Å². The van der Waals surface area contributed by atoms with Crippen LogP contribution in [0.3, 0.4) is 0 Å². The number of anilines is 2. The van der Waals surface area contributed by atoms with E-state index in [1.54, 1.807) is 6.20 Å². The molecule has 0 bridgehead atoms. The molecule has 0 aliphatic carbocycles. The van der Waals surface area contributed by atoms with Gasteiger partial charge in [-0.3, -0.25) is 9.78 Å². The molecule has 1 saturated heterocycles. The highest BCUT2D eigenvalue weighted by atomic mass is 32.2. The number of carbonyl (C=O) groups excluding carboxylic acids is 2. The standard InChI is InChI=1S/C22H19F3N4O2S/c1-27(2)18-5-3-4-17-14(10-11-26-20(17)18)12-28-13-19(30)29(21(28)31)15-6-8-16(9-7-15)32-22(23,24)25/h3-11H,12-13H2,1-2H3. The van der Waals surface area contributed by atoms with Crippen LogP contribution in [0.2, 0.25) is 0 Å². The third-order valence-electron chi connectivity index (χ3n) is 5.05. The summed E-state index contributed by atoms with van der Waals surface area (Å²) in [6.07, 6.45) is 1.67. The second kappa shape index (κ2) is 8.34. The number of halogens is 3. The Bertz CT molecular complexity index is 1180. The lowest BCUT2D eigenvalue weighted by molar-refractivity contribution is -0.116. The Labute approximate surface area is 186 Å². The molecule has 0 radical (unpaired) electrons. The summed E-state index contributed by atoms with van der Waals surface area (Å²) in [4.78, 5) is 34.3. The number of hydrogen-bond acceptors (Lipinski definition) is 5. The minimum Gasteiger partial charge on any atom is -0.376 e. The van der Waals surface area contributed by atoms with Gasteiger partial charge in [0.2, 0.25) is 0 Å². The van der Waals surface area contributed by atoms with E-state index in [0.29, 0.717) is 0 Å². The number of amides is 3. The molecular weight excluding hydrogens is 441 g/mol. The van der Waals surface area contributed by atoms with Crippen LogP contribution in [0, 0.1) is 0 Å². The lowest BCUT2D eigenvalue weighted by Gasteiger charge is -2.19. The van der Waals surface area contributed by atoms with Gasteiger partial charge < -0.3 is 9.80 Å². The number of carbonyl (C=O) groups is 2. The summed E-state index contributed by atoms with van der Waals surface area (Å²) in [5.41, 5.74) is -1.59. The Kier molecular flexibility index (Phi) is 5.72. The van der Waals surface area contributed by atoms with Gasteiger partial charge in [-0.05, 0) is 53.7 Å². The molecule has 0 atom stereocenters. The van der Waals surface area contributed by atoms with Gasteiger partial charge in [0, 0.05) is 37.1 Å². The van der Waals surface area contributed by atoms with Crippen molar-refractivity contribution in [2.24, 2.45) is 0 Å². The zero-order valence-corrected chi connectivity index (χ0v) is 18.1. The van der Waals surface area contributed by atoms with Gasteiger partial charge in [-0.25, -0.2) is 9.69 Å². The molecule has 0 unspecified atom stereocenters. The van der Waals surface area contributed by atoms with E-state index >= 15 is 0 Å². The normalized spacial score (nSPS) is 14.5. The first-order valence-corrected chi connectivity index (χ1v) is 10.5. The Hall–Kier alpha value is -3.27. The number of para-hydroxylation sites is 1. The van der Waals surface area contributed by atoms with Crippen molar-refractivity contribution in [2.75, 3.05) is 30.4 Å². The second-order valence-electron chi connectivity index (χ2n) is 7.45. The SMILES string of the molecule is CN(C)c1cccc2c(CN3CC(=O)N(c4ccc(SC(F)(F)F)cc4)C3=O)ccnc12. The van der Waals surface area contributed by atoms with Crippen LogP contribution >= 0.6 is 11.8 Å². The minimum atomic E-state index is -4.41. The molecule has 1 aliphatic heterocycles. The van der Waals surface area contributed by atoms with E-state index in [9.17, 15) is 22.8 Å². The molecule has 6 nitrogen and oxygen atoms in total. The molecule has 1 aliphatic rings. The van der Waals surface area contributed by atoms with Crippen LogP contribution in [0.1, 0.15) is 5.56 Å². The molecule has 3 amide bonds. The van der Waals surface area contributed by atoms with Crippen molar-refractivity contribution in [3.63, 3.8) is 0 Å². The number of aromatic nitrogens is 1. The van der Waals surface area contributed by atoms with E-state index in [-0.39, 0.29) is 35.4 Å². The topological polar surface area (TPSA) is 56.8 Å². The molecule has 32 heavy (non-hydrogen) atoms. The third kappa shape index (κ3) is 4.36. The molecular formula is C22H19F3N4O2S. The molecule has 1 aromatic heterocycles. The predicted octanol–water partition coefficient (Wildman–Crippen LogP) is 4.88. The van der Waals surface area contributed by atoms with Crippen LogP contribution in [0.25, 0.3) is 10.9 Å². The molecule has 2 aromatic carbocycles. The average Bonchev–Trinajstić information content (AvgIpc) is 3.00. The molecule has 2 heterocycles. The Morgan fingerprint density at radius 1 is 1.06 bits per heavy atom. The summed E-state index contributed by atoms with van der Waals surface area (Å²) in [6.45, 7) is 0.0913. The number of imide groups is 1. The number of fused-ring (bicyclic) bond motifs is 1. The Morgan fingerprint density at radius 3 is 2.44 bits per heavy atom. The zero-order chi connectivity index (χ0) is 23.0. The number of benzene rings is 2. The van der Waals surface area contributed by atoms with Gasteiger partial charge in [0.15, 0.2) is 0 Å². The van der Waals surface area contributed by atoms with Gasteiger partial charge in [0.1, 0.15) is 6.54 Å². The van der Waals surface area contributed by atoms with Gasteiger partial charge in [-0.2, -0.15) is 13.2 Å². The van der Waals surface area contributed by atoms with E-state index in [0.717, 1.165) is 27.1 Å². The highest BCUT2D eigenvalue weighted by Crippen LogP contribution is 2.37. The first-order chi connectivity index (χ1) is 15.1. The summed E-state index contributed by atoms with van der Waals surface area (Å²) in [7, 11) is 3.84. The van der Waals surface area contributed by atoms with Gasteiger partial charge in [-0.1, -0.05) is 12.1 Å². The van der Waals surface area contributed by atoms with E-state index in [1.807, 2.05) is 43.3 Å². The van der Waals surface area contributed by atoms with Crippen molar-refractivity contribution in [1.82, 2.24) is 9.88 Å². The number of thioether (sulfide) groups is 1. The number of rotatable bonds is 5. The molecule has 3 aromatic rings. The van der Waals surface area contributed by atoms with Crippen LogP contribution in [0.5, 0.6) is 0 Å². The summed E-state index contributed by atoms with van der Waals surface area (Å²) in [6, 6.07) is 12.3. The van der Waals surface area contributed by atoms with Crippen LogP contribution in [-0.4, -0.2) is 48.0 Å². The molecule has 0 saturated carbocycles. The van der Waals surface area contributed by atoms with Crippen molar-refractivity contribution < 1.29 is 22.8 Å². The number of alkyl halides is 3. The predicted molar refractivity (Wildman–Crippen MR) is 118 cm³/mol. The summed E-state index contributed by atoms with van der Waals surface area (Å²) < 4.78 is 37.6. The summed E-state index contributed by atoms with van der Waals surface area (Å²) in [5, 5.41) is 0.880. The molecule has 4 rings (SSSR count). The average molecular weight is 460 g/mol. The van der Waals surface area contributed by atoms with E-state index < -0.39 is 17.4 Å². The second-order valence-corrected chi connectivity index (χ2v) is 8.59. The summed E-state index contributed by atoms with van der Waals surface area (Å²) >= 11 is -0.248. The van der Waals surface area contributed by atoms with E-state index in [4.69, 9.17) is 0 Å². The lowest BCUT2D eigenvalue weighted by Crippen LogP contribution is -2.32. The number of nitrogens with zero attached hydrogens (tertiary/aromatic N) is 4. The molecule has 10 heteroatoms. The highest BCUT2D eigenvalue weighted by Gasteiger charge is 2.37. The van der Waals surface area contributed by atoms with Crippen molar-refractivity contribution in [1.29, 1.82) is 0 Å². The minimum absolute atomic E-state index is 0.0165. The largest absolute Gasteiger partial charge is 0.446 e. The van der Waals surface area contributed by atoms with Crippen molar-refractivity contribution >= 4 is 46.0 Å². The smallest absolute Gasteiger partial charge is 0.376 e. The first-order valence-electron chi connectivity index (χ1n) is 9.65. The van der Waals surface area contributed by atoms with E-state index in [2.05, 4.69) is 4.98 Å². The summed E-state index contributed by atoms with van der Waals surface area (Å²) in [5.74, 6) is -0.432. The fraction of sp³-hybridized carbons (Fsp3) is 0.227. The fourth-order valence-electron chi connectivity index (χ4n) is 3.65. The highest BCUT2D eigenvalue weighted by molar-refractivity contribution is 8.00. The molecule has 0 N–H and O–H groups in total. The number of urea groups is 1. The monoisotopic (exact) mass is 460 g/mol. The Morgan fingerprint density at radius 2 is 1.78 bits per heavy atom. The fourth-order valence-corrected chi connectivity index (χ4v) is 4.19. The third-order valence-corrected chi connectivity index (χ3v) is 5.79. The molecule has 166 valence electrons. The van der Waals surface area contributed by atoms with Crippen molar-refractivity contribution in [3.8, 4) is 0 Å². The quantitative estimate of drug-likeness (QED) is 0.401. The maximum Gasteiger partial charge on any atom is 0.446 e. The Balaban J connectivity index is 1.57. The maximum absolute atomic E-state index is 13.0. The van der Waals surface area contributed by atoms with Gasteiger partial charge in [0.05, 0.1) is 16.9 Å². The van der Waals surface area contributed by atoms with Crippen LogP contribution in [-0.2, 0) is 11.3 Å². The lowest BCUT2D eigenvalue weighted by atomic mass is 10.1. The van der Waals surface area contributed by atoms with Crippen LogP contribution in [0.15, 0.2) is 59.6 Å². The van der Waals surface area contributed by atoms with Gasteiger partial charge >= 0.3 is 11.5 Å². The first kappa shape index (κ1) is 21.9. The molecule has 0 spiro atoms. The van der Waals surface area contributed by atoms with Crippen LogP contribution in [0.4, 0.5) is 29.3 Å². The maximum atomic E-state index is 13.0.